The van der Waals surface area contributed by atoms with Crippen molar-refractivity contribution in [3.63, 3.8) is 0 Å². The molecule has 3 heteroatoms. The monoisotopic (exact) mass is 278 g/mol. The number of nitrogens with two attached hydrogens (primary N) is 1. The van der Waals surface area contributed by atoms with Crippen LogP contribution in [0, 0.1) is 6.92 Å². The van der Waals surface area contributed by atoms with Gasteiger partial charge in [-0.2, -0.15) is 0 Å². The van der Waals surface area contributed by atoms with E-state index in [1.807, 2.05) is 6.20 Å². The van der Waals surface area contributed by atoms with Gasteiger partial charge in [-0.3, -0.25) is 4.57 Å². The normalized spacial score (nSPS) is 17.9. The predicted octanol–water partition coefficient (Wildman–Crippen LogP) is 2.51. The van der Waals surface area contributed by atoms with Gasteiger partial charge in [0.15, 0.2) is 0 Å². The van der Waals surface area contributed by atoms with Crippen molar-refractivity contribution in [2.45, 2.75) is 26.3 Å². The molecule has 1 aromatic carbocycles. The lowest BCUT2D eigenvalue weighted by Crippen LogP contribution is -2.86. The number of hydrogen-bond acceptors (Lipinski definition) is 1. The fraction of sp³-hybridized carbons (Fsp3) is 0.278. The minimum absolute atomic E-state index is 0.475. The van der Waals surface area contributed by atoms with Crippen LogP contribution in [-0.2, 0) is 6.42 Å². The summed E-state index contributed by atoms with van der Waals surface area (Å²) in [6.07, 6.45) is 3.06. The Hall–Kier alpha value is -2.13. The number of para-hydroxylation sites is 1. The van der Waals surface area contributed by atoms with Crippen molar-refractivity contribution in [3.8, 4) is 5.69 Å². The lowest BCUT2D eigenvalue weighted by molar-refractivity contribution is -0.696. The molecule has 4 rings (SSSR count). The van der Waals surface area contributed by atoms with Gasteiger partial charge in [0.2, 0.25) is 0 Å². The minimum Gasteiger partial charge on any atom is -0.339 e. The van der Waals surface area contributed by atoms with Crippen molar-refractivity contribution in [3.05, 3.63) is 59.4 Å². The van der Waals surface area contributed by atoms with Crippen LogP contribution in [0.15, 0.2) is 42.6 Å². The Morgan fingerprint density at radius 3 is 2.81 bits per heavy atom. The van der Waals surface area contributed by atoms with Gasteiger partial charge in [-0.1, -0.05) is 18.2 Å². The van der Waals surface area contributed by atoms with Crippen LogP contribution in [0.2, 0.25) is 0 Å². The van der Waals surface area contributed by atoms with Crippen LogP contribution in [0.4, 0.5) is 0 Å². The van der Waals surface area contributed by atoms with Gasteiger partial charge < -0.3 is 5.32 Å². The van der Waals surface area contributed by atoms with Gasteiger partial charge in [0.1, 0.15) is 11.7 Å². The maximum atomic E-state index is 4.71. The summed E-state index contributed by atoms with van der Waals surface area (Å²) in [4.78, 5) is 4.71. The predicted molar refractivity (Wildman–Crippen MR) is 84.7 cm³/mol. The molecule has 3 heterocycles. The Balaban J connectivity index is 2.15. The van der Waals surface area contributed by atoms with Gasteiger partial charge in [-0.15, -0.1) is 0 Å². The number of aryl methyl sites for hydroxylation is 1. The molecule has 0 saturated heterocycles. The van der Waals surface area contributed by atoms with Gasteiger partial charge in [-0.05, 0) is 43.2 Å². The summed E-state index contributed by atoms with van der Waals surface area (Å²) in [6.45, 7) is 5.66. The first-order chi connectivity index (χ1) is 10.3. The summed E-state index contributed by atoms with van der Waals surface area (Å²) in [5, 5.41) is 3.78. The summed E-state index contributed by atoms with van der Waals surface area (Å²) in [5.74, 6) is 0. The van der Waals surface area contributed by atoms with Gasteiger partial charge in [0, 0.05) is 23.7 Å². The quantitative estimate of drug-likeness (QED) is 0.729. The highest BCUT2D eigenvalue weighted by molar-refractivity contribution is 5.87. The second kappa shape index (κ2) is 4.71. The van der Waals surface area contributed by atoms with E-state index in [0.717, 1.165) is 18.6 Å². The van der Waals surface area contributed by atoms with Crippen LogP contribution in [-0.4, -0.2) is 16.1 Å². The molecular weight excluding hydrogens is 258 g/mol. The molecule has 0 radical (unpaired) electrons. The molecule has 0 bridgehead atoms. The molecule has 2 aromatic heterocycles. The van der Waals surface area contributed by atoms with E-state index in [1.165, 1.54) is 27.9 Å². The number of benzene rings is 1. The molecule has 0 unspecified atom stereocenters. The van der Waals surface area contributed by atoms with Crippen LogP contribution in [0.25, 0.3) is 16.7 Å². The van der Waals surface area contributed by atoms with Crippen molar-refractivity contribution in [1.29, 1.82) is 0 Å². The standard InChI is InChI=1S/C18H19N3/c1-12-8-10-20-18-16(12)15-9-11-19-13(2)17(15)21(18)14-6-4-3-5-7-14/h3-8,10,13,19H,9,11H2,1-2H3/p+1/t13-/m1/s1. The second-order valence-corrected chi connectivity index (χ2v) is 5.92. The summed E-state index contributed by atoms with van der Waals surface area (Å²) in [6, 6.07) is 13.2. The number of hydrogen-bond donors (Lipinski definition) is 1. The maximum Gasteiger partial charge on any atom is 0.145 e. The molecule has 0 aliphatic carbocycles. The molecule has 0 fully saturated rings. The van der Waals surface area contributed by atoms with Gasteiger partial charge in [-0.25, -0.2) is 4.98 Å². The number of pyridine rings is 1. The molecule has 106 valence electrons. The van der Waals surface area contributed by atoms with Crippen LogP contribution in [0.3, 0.4) is 0 Å². The fourth-order valence-corrected chi connectivity index (χ4v) is 3.62. The molecule has 3 aromatic rings. The third-order valence-corrected chi connectivity index (χ3v) is 4.56. The highest BCUT2D eigenvalue weighted by Crippen LogP contribution is 2.34. The first-order valence-electron chi connectivity index (χ1n) is 7.65. The number of aromatic nitrogens is 2. The molecular formula is C18H20N3+. The van der Waals surface area contributed by atoms with E-state index < -0.39 is 0 Å². The highest BCUT2D eigenvalue weighted by Gasteiger charge is 2.29. The van der Waals surface area contributed by atoms with E-state index in [0.29, 0.717) is 6.04 Å². The van der Waals surface area contributed by atoms with Crippen LogP contribution in [0.1, 0.15) is 29.8 Å². The summed E-state index contributed by atoms with van der Waals surface area (Å²) in [5.41, 5.74) is 6.57. The fourth-order valence-electron chi connectivity index (χ4n) is 3.62. The Morgan fingerprint density at radius 1 is 1.19 bits per heavy atom. The number of fused-ring (bicyclic) bond motifs is 3. The average Bonchev–Trinajstić information content (AvgIpc) is 2.85. The number of quaternary nitrogens is 1. The van der Waals surface area contributed by atoms with Gasteiger partial charge in [0.05, 0.1) is 12.2 Å². The Labute approximate surface area is 124 Å². The molecule has 0 saturated carbocycles. The van der Waals surface area contributed by atoms with E-state index in [2.05, 4.69) is 60.1 Å². The van der Waals surface area contributed by atoms with Crippen molar-refractivity contribution >= 4 is 11.0 Å². The first-order valence-corrected chi connectivity index (χ1v) is 7.65. The SMILES string of the molecule is Cc1ccnc2c1c1c(n2-c2ccccc2)[C@@H](C)[NH2+]CC1. The lowest BCUT2D eigenvalue weighted by atomic mass is 9.99. The van der Waals surface area contributed by atoms with Crippen molar-refractivity contribution < 1.29 is 5.32 Å². The van der Waals surface area contributed by atoms with E-state index >= 15 is 0 Å². The van der Waals surface area contributed by atoms with Gasteiger partial charge >= 0.3 is 0 Å². The van der Waals surface area contributed by atoms with E-state index in [-0.39, 0.29) is 0 Å². The highest BCUT2D eigenvalue weighted by atomic mass is 15.1. The van der Waals surface area contributed by atoms with E-state index in [4.69, 9.17) is 4.98 Å². The summed E-state index contributed by atoms with van der Waals surface area (Å²) >= 11 is 0. The summed E-state index contributed by atoms with van der Waals surface area (Å²) < 4.78 is 2.36. The Morgan fingerprint density at radius 2 is 2.00 bits per heavy atom. The topological polar surface area (TPSA) is 34.4 Å². The second-order valence-electron chi connectivity index (χ2n) is 5.92. The zero-order chi connectivity index (χ0) is 14.4. The molecule has 1 aliphatic heterocycles. The minimum atomic E-state index is 0.475. The zero-order valence-electron chi connectivity index (χ0n) is 12.5. The van der Waals surface area contributed by atoms with Crippen molar-refractivity contribution in [2.75, 3.05) is 6.54 Å². The molecule has 0 spiro atoms. The smallest absolute Gasteiger partial charge is 0.145 e. The van der Waals surface area contributed by atoms with Crippen LogP contribution >= 0.6 is 0 Å². The van der Waals surface area contributed by atoms with Crippen molar-refractivity contribution in [1.82, 2.24) is 9.55 Å². The molecule has 1 aliphatic rings. The van der Waals surface area contributed by atoms with E-state index in [9.17, 15) is 0 Å². The molecule has 1 atom stereocenters. The van der Waals surface area contributed by atoms with Crippen LogP contribution < -0.4 is 5.32 Å². The number of rotatable bonds is 1. The lowest BCUT2D eigenvalue weighted by Gasteiger charge is -2.20. The molecule has 2 N–H and O–H groups in total. The largest absolute Gasteiger partial charge is 0.339 e. The average molecular weight is 278 g/mol. The van der Waals surface area contributed by atoms with E-state index in [1.54, 1.807) is 0 Å². The van der Waals surface area contributed by atoms with Crippen LogP contribution in [0.5, 0.6) is 0 Å². The van der Waals surface area contributed by atoms with Crippen molar-refractivity contribution in [2.24, 2.45) is 0 Å². The summed E-state index contributed by atoms with van der Waals surface area (Å²) in [7, 11) is 0. The maximum absolute atomic E-state index is 4.71. The Bertz CT molecular complexity index is 802. The van der Waals surface area contributed by atoms with Gasteiger partial charge in [0.25, 0.3) is 0 Å². The third kappa shape index (κ3) is 1.81. The zero-order valence-corrected chi connectivity index (χ0v) is 12.5. The Kier molecular flexibility index (Phi) is 2.82. The first kappa shape index (κ1) is 12.6. The molecule has 3 nitrogen and oxygen atoms in total. The molecule has 21 heavy (non-hydrogen) atoms. The number of nitrogens with zero attached hydrogens (tertiary/aromatic N) is 2. The molecule has 0 amide bonds. The third-order valence-electron chi connectivity index (χ3n) is 4.56.